The number of halogens is 2. The highest BCUT2D eigenvalue weighted by molar-refractivity contribution is 7.89. The predicted molar refractivity (Wildman–Crippen MR) is 92.3 cm³/mol. The van der Waals surface area contributed by atoms with Crippen molar-refractivity contribution in [3.05, 3.63) is 51.4 Å². The SMILES string of the molecule is O=S(=O)(c1ccc(F)c(Cl)c1)N(Cc1cccs1)CC1CCCO1. The van der Waals surface area contributed by atoms with Crippen molar-refractivity contribution in [3.8, 4) is 0 Å². The summed E-state index contributed by atoms with van der Waals surface area (Å²) in [4.78, 5) is 0.924. The zero-order chi connectivity index (χ0) is 17.2. The number of ether oxygens (including phenoxy) is 1. The molecule has 2 aromatic rings. The van der Waals surface area contributed by atoms with E-state index in [4.69, 9.17) is 16.3 Å². The summed E-state index contributed by atoms with van der Waals surface area (Å²) in [6.45, 7) is 1.18. The van der Waals surface area contributed by atoms with Gasteiger partial charge in [-0.2, -0.15) is 4.31 Å². The van der Waals surface area contributed by atoms with E-state index in [1.54, 1.807) is 0 Å². The molecule has 1 fully saturated rings. The van der Waals surface area contributed by atoms with Crippen molar-refractivity contribution in [1.29, 1.82) is 0 Å². The van der Waals surface area contributed by atoms with E-state index >= 15 is 0 Å². The lowest BCUT2D eigenvalue weighted by molar-refractivity contribution is 0.0927. The fourth-order valence-corrected chi connectivity index (χ4v) is 5.15. The third-order valence-electron chi connectivity index (χ3n) is 3.87. The molecule has 2 heterocycles. The molecular weight excluding hydrogens is 373 g/mol. The standard InChI is InChI=1S/C16H17ClFNO3S2/c17-15-9-14(5-6-16(15)18)24(20,21)19(10-12-3-1-7-22-12)11-13-4-2-8-23-13/h2,4-6,8-9,12H,1,3,7,10-11H2. The number of nitrogens with zero attached hydrogens (tertiary/aromatic N) is 1. The van der Waals surface area contributed by atoms with Crippen LogP contribution in [0.3, 0.4) is 0 Å². The number of thiophene rings is 1. The van der Waals surface area contributed by atoms with E-state index in [-0.39, 0.29) is 29.1 Å². The Labute approximate surface area is 149 Å². The maximum absolute atomic E-state index is 13.4. The summed E-state index contributed by atoms with van der Waals surface area (Å²) in [5, 5.41) is 1.70. The maximum Gasteiger partial charge on any atom is 0.243 e. The molecule has 0 radical (unpaired) electrons. The third kappa shape index (κ3) is 3.97. The van der Waals surface area contributed by atoms with E-state index in [1.165, 1.54) is 21.7 Å². The van der Waals surface area contributed by atoms with E-state index < -0.39 is 15.8 Å². The van der Waals surface area contributed by atoms with Crippen LogP contribution < -0.4 is 0 Å². The van der Waals surface area contributed by atoms with Crippen molar-refractivity contribution >= 4 is 33.0 Å². The van der Waals surface area contributed by atoms with Crippen molar-refractivity contribution in [2.45, 2.75) is 30.4 Å². The smallest absolute Gasteiger partial charge is 0.243 e. The molecule has 4 nitrogen and oxygen atoms in total. The summed E-state index contributed by atoms with van der Waals surface area (Å²) in [7, 11) is -3.79. The van der Waals surface area contributed by atoms with Gasteiger partial charge in [0.05, 0.1) is 16.0 Å². The summed E-state index contributed by atoms with van der Waals surface area (Å²) >= 11 is 7.25. The second-order valence-electron chi connectivity index (χ2n) is 5.59. The Morgan fingerprint density at radius 3 is 2.83 bits per heavy atom. The van der Waals surface area contributed by atoms with Crippen molar-refractivity contribution in [2.75, 3.05) is 13.2 Å². The predicted octanol–water partition coefficient (Wildman–Crippen LogP) is 3.91. The average molecular weight is 390 g/mol. The van der Waals surface area contributed by atoms with Crippen LogP contribution in [0.25, 0.3) is 0 Å². The molecule has 1 aromatic carbocycles. The van der Waals surface area contributed by atoms with Gasteiger partial charge in [-0.1, -0.05) is 17.7 Å². The van der Waals surface area contributed by atoms with Crippen LogP contribution in [0.5, 0.6) is 0 Å². The number of rotatable bonds is 6. The van der Waals surface area contributed by atoms with Gasteiger partial charge < -0.3 is 4.74 Å². The van der Waals surface area contributed by atoms with Crippen molar-refractivity contribution < 1.29 is 17.5 Å². The summed E-state index contributed by atoms with van der Waals surface area (Å²) in [6, 6.07) is 7.24. The van der Waals surface area contributed by atoms with Gasteiger partial charge in [-0.05, 0) is 42.5 Å². The number of benzene rings is 1. The normalized spacial score (nSPS) is 18.4. The number of hydrogen-bond donors (Lipinski definition) is 0. The Hall–Kier alpha value is -0.990. The molecule has 1 aliphatic rings. The molecule has 1 unspecified atom stereocenters. The van der Waals surface area contributed by atoms with Crippen molar-refractivity contribution in [1.82, 2.24) is 4.31 Å². The minimum absolute atomic E-state index is 0.0107. The minimum atomic E-state index is -3.79. The van der Waals surface area contributed by atoms with Crippen molar-refractivity contribution in [3.63, 3.8) is 0 Å². The second kappa shape index (κ2) is 7.49. The monoisotopic (exact) mass is 389 g/mol. The Morgan fingerprint density at radius 2 is 2.21 bits per heavy atom. The van der Waals surface area contributed by atoms with E-state index in [9.17, 15) is 12.8 Å². The summed E-state index contributed by atoms with van der Waals surface area (Å²) < 4.78 is 46.3. The molecule has 1 aliphatic heterocycles. The molecule has 0 bridgehead atoms. The molecule has 0 N–H and O–H groups in total. The molecule has 8 heteroatoms. The molecule has 24 heavy (non-hydrogen) atoms. The first kappa shape index (κ1) is 17.8. The first-order chi connectivity index (χ1) is 11.5. The van der Waals surface area contributed by atoms with Crippen LogP contribution >= 0.6 is 22.9 Å². The molecule has 130 valence electrons. The summed E-state index contributed by atoms with van der Waals surface area (Å²) in [5.41, 5.74) is 0. The highest BCUT2D eigenvalue weighted by Gasteiger charge is 2.30. The van der Waals surface area contributed by atoms with E-state index in [2.05, 4.69) is 0 Å². The van der Waals surface area contributed by atoms with Gasteiger partial charge in [-0.3, -0.25) is 0 Å². The van der Waals surface area contributed by atoms with E-state index in [1.807, 2.05) is 17.5 Å². The molecule has 1 atom stereocenters. The lowest BCUT2D eigenvalue weighted by atomic mass is 10.2. The van der Waals surface area contributed by atoms with E-state index in [0.717, 1.165) is 29.9 Å². The van der Waals surface area contributed by atoms with Crippen LogP contribution in [0, 0.1) is 5.82 Å². The first-order valence-corrected chi connectivity index (χ1v) is 10.3. The number of sulfonamides is 1. The van der Waals surface area contributed by atoms with Crippen LogP contribution in [0.15, 0.2) is 40.6 Å². The van der Waals surface area contributed by atoms with Gasteiger partial charge in [0.25, 0.3) is 0 Å². The van der Waals surface area contributed by atoms with Crippen LogP contribution in [-0.4, -0.2) is 32.0 Å². The Balaban J connectivity index is 1.90. The Bertz CT molecular complexity index is 790. The van der Waals surface area contributed by atoms with Gasteiger partial charge in [0.2, 0.25) is 10.0 Å². The zero-order valence-electron chi connectivity index (χ0n) is 12.8. The van der Waals surface area contributed by atoms with Gasteiger partial charge in [-0.25, -0.2) is 12.8 Å². The van der Waals surface area contributed by atoms with Crippen molar-refractivity contribution in [2.24, 2.45) is 0 Å². The topological polar surface area (TPSA) is 46.6 Å². The summed E-state index contributed by atoms with van der Waals surface area (Å²) in [5.74, 6) is -0.639. The van der Waals surface area contributed by atoms with Crippen LogP contribution in [0.4, 0.5) is 4.39 Å². The maximum atomic E-state index is 13.4. The van der Waals surface area contributed by atoms with Crippen LogP contribution in [-0.2, 0) is 21.3 Å². The molecule has 1 saturated heterocycles. The average Bonchev–Trinajstić information content (AvgIpc) is 3.23. The Morgan fingerprint density at radius 1 is 1.38 bits per heavy atom. The molecule has 1 aromatic heterocycles. The molecule has 0 spiro atoms. The van der Waals surface area contributed by atoms with Gasteiger partial charge >= 0.3 is 0 Å². The second-order valence-corrected chi connectivity index (χ2v) is 8.97. The molecule has 0 aliphatic carbocycles. The molecule has 3 rings (SSSR count). The largest absolute Gasteiger partial charge is 0.377 e. The minimum Gasteiger partial charge on any atom is -0.377 e. The number of hydrogen-bond acceptors (Lipinski definition) is 4. The van der Waals surface area contributed by atoms with Gasteiger partial charge in [-0.15, -0.1) is 11.3 Å². The fourth-order valence-electron chi connectivity index (χ4n) is 2.63. The molecule has 0 saturated carbocycles. The lowest BCUT2D eigenvalue weighted by Gasteiger charge is -2.24. The van der Waals surface area contributed by atoms with Crippen LogP contribution in [0.1, 0.15) is 17.7 Å². The summed E-state index contributed by atoms with van der Waals surface area (Å²) in [6.07, 6.45) is 1.65. The fraction of sp³-hybridized carbons (Fsp3) is 0.375. The highest BCUT2D eigenvalue weighted by atomic mass is 35.5. The quantitative estimate of drug-likeness (QED) is 0.752. The molecular formula is C16H17ClFNO3S2. The zero-order valence-corrected chi connectivity index (χ0v) is 15.2. The first-order valence-electron chi connectivity index (χ1n) is 7.56. The lowest BCUT2D eigenvalue weighted by Crippen LogP contribution is -2.36. The Kier molecular flexibility index (Phi) is 5.56. The van der Waals surface area contributed by atoms with Gasteiger partial charge in [0, 0.05) is 24.6 Å². The van der Waals surface area contributed by atoms with Gasteiger partial charge in [0.15, 0.2) is 0 Å². The molecule has 0 amide bonds. The third-order valence-corrected chi connectivity index (χ3v) is 6.83. The van der Waals surface area contributed by atoms with Gasteiger partial charge in [0.1, 0.15) is 5.82 Å². The van der Waals surface area contributed by atoms with Crippen LogP contribution in [0.2, 0.25) is 5.02 Å². The van der Waals surface area contributed by atoms with E-state index in [0.29, 0.717) is 6.61 Å². The highest BCUT2D eigenvalue weighted by Crippen LogP contribution is 2.26.